The molecule has 5 nitrogen and oxygen atoms in total. The van der Waals surface area contributed by atoms with Crippen LogP contribution in [-0.4, -0.2) is 11.8 Å². The van der Waals surface area contributed by atoms with E-state index in [1.807, 2.05) is 48.5 Å². The van der Waals surface area contributed by atoms with Crippen molar-refractivity contribution in [2.75, 3.05) is 10.6 Å². The summed E-state index contributed by atoms with van der Waals surface area (Å²) in [6.07, 6.45) is 3.21. The van der Waals surface area contributed by atoms with Gasteiger partial charge < -0.3 is 15.4 Å². The fourth-order valence-corrected chi connectivity index (χ4v) is 3.29. The second kappa shape index (κ2) is 7.96. The fraction of sp³-hybridized carbons (Fsp3) is 0.130. The number of aryl methyl sites for hydroxylation is 2. The van der Waals surface area contributed by atoms with Gasteiger partial charge in [0.25, 0.3) is 0 Å². The minimum atomic E-state index is -0.746. The summed E-state index contributed by atoms with van der Waals surface area (Å²) in [5.74, 6) is -0.351. The lowest BCUT2D eigenvalue weighted by molar-refractivity contribution is -0.133. The summed E-state index contributed by atoms with van der Waals surface area (Å²) < 4.78 is 5.81. The number of hydrogen-bond donors (Lipinski definition) is 2. The highest BCUT2D eigenvalue weighted by Gasteiger charge is 2.18. The zero-order valence-electron chi connectivity index (χ0n) is 15.3. The van der Waals surface area contributed by atoms with Crippen LogP contribution in [0.2, 0.25) is 0 Å². The summed E-state index contributed by atoms with van der Waals surface area (Å²) >= 11 is 0. The molecule has 0 spiro atoms. The topological polar surface area (TPSA) is 67.4 Å². The van der Waals surface area contributed by atoms with Gasteiger partial charge in [-0.25, -0.2) is 0 Å². The normalized spacial score (nSPS) is 12.1. The van der Waals surface area contributed by atoms with Crippen molar-refractivity contribution >= 4 is 23.2 Å². The lowest BCUT2D eigenvalue weighted by Crippen LogP contribution is -2.29. The number of anilines is 2. The lowest BCUT2D eigenvalue weighted by Gasteiger charge is -2.12. The van der Waals surface area contributed by atoms with Crippen LogP contribution in [0.15, 0.2) is 72.8 Å². The number of hydrogen-bond acceptors (Lipinski definition) is 3. The first-order valence-corrected chi connectivity index (χ1v) is 9.25. The van der Waals surface area contributed by atoms with E-state index in [9.17, 15) is 9.59 Å². The second-order valence-corrected chi connectivity index (χ2v) is 6.66. The molecule has 1 aliphatic carbocycles. The third-order valence-corrected chi connectivity index (χ3v) is 4.67. The third-order valence-electron chi connectivity index (χ3n) is 4.67. The molecule has 3 aromatic rings. The van der Waals surface area contributed by atoms with E-state index in [-0.39, 0.29) is 0 Å². The highest BCUT2D eigenvalue weighted by atomic mass is 16.5. The van der Waals surface area contributed by atoms with E-state index in [0.29, 0.717) is 22.9 Å². The minimum Gasteiger partial charge on any atom is -0.455 e. The molecule has 0 radical (unpaired) electrons. The van der Waals surface area contributed by atoms with Gasteiger partial charge in [0, 0.05) is 5.69 Å². The number of benzene rings is 3. The summed E-state index contributed by atoms with van der Waals surface area (Å²) in [5.41, 5.74) is 3.62. The molecule has 0 fully saturated rings. The molecule has 1 aliphatic rings. The van der Waals surface area contributed by atoms with Gasteiger partial charge in [-0.3, -0.25) is 9.59 Å². The molecule has 0 aliphatic heterocycles. The van der Waals surface area contributed by atoms with Crippen LogP contribution < -0.4 is 15.4 Å². The van der Waals surface area contributed by atoms with Crippen LogP contribution in [-0.2, 0) is 22.4 Å². The number of ether oxygens (including phenoxy) is 1. The summed E-state index contributed by atoms with van der Waals surface area (Å²) in [6, 6.07) is 22.0. The molecule has 2 amide bonds. The first-order valence-electron chi connectivity index (χ1n) is 9.25. The Hall–Kier alpha value is -3.60. The Morgan fingerprint density at radius 1 is 0.750 bits per heavy atom. The van der Waals surface area contributed by atoms with Crippen molar-refractivity contribution in [3.05, 3.63) is 83.9 Å². The van der Waals surface area contributed by atoms with Crippen LogP contribution in [0, 0.1) is 0 Å². The molecule has 0 saturated heterocycles. The van der Waals surface area contributed by atoms with Crippen molar-refractivity contribution < 1.29 is 14.3 Å². The van der Waals surface area contributed by atoms with E-state index < -0.39 is 11.8 Å². The Kier molecular flexibility index (Phi) is 5.06. The van der Waals surface area contributed by atoms with Crippen LogP contribution in [0.3, 0.4) is 0 Å². The van der Waals surface area contributed by atoms with E-state index in [1.54, 1.807) is 24.3 Å². The second-order valence-electron chi connectivity index (χ2n) is 6.66. The number of carbonyl (C=O) groups excluding carboxylic acids is 2. The van der Waals surface area contributed by atoms with Crippen molar-refractivity contribution in [3.8, 4) is 11.5 Å². The standard InChI is InChI=1S/C23H20N2O3/c26-22(24-18-14-13-16-7-6-8-17(16)15-18)23(27)25-20-11-4-5-12-21(20)28-19-9-2-1-3-10-19/h1-5,9-15H,6-8H2,(H,24,26)(H,25,27). The number of nitrogens with one attached hydrogen (secondary N) is 2. The summed E-state index contributed by atoms with van der Waals surface area (Å²) in [7, 11) is 0. The molecular formula is C23H20N2O3. The van der Waals surface area contributed by atoms with Gasteiger partial charge in [-0.2, -0.15) is 0 Å². The van der Waals surface area contributed by atoms with Crippen LogP contribution in [0.5, 0.6) is 11.5 Å². The first-order chi connectivity index (χ1) is 13.7. The molecule has 0 aromatic heterocycles. The Balaban J connectivity index is 1.44. The third kappa shape index (κ3) is 4.04. The molecule has 4 rings (SSSR count). The van der Waals surface area contributed by atoms with E-state index in [1.165, 1.54) is 11.1 Å². The van der Waals surface area contributed by atoms with Crippen LogP contribution in [0.1, 0.15) is 17.5 Å². The number of rotatable bonds is 4. The van der Waals surface area contributed by atoms with Crippen molar-refractivity contribution in [2.45, 2.75) is 19.3 Å². The summed E-state index contributed by atoms with van der Waals surface area (Å²) in [6.45, 7) is 0. The maximum absolute atomic E-state index is 12.4. The predicted molar refractivity (Wildman–Crippen MR) is 109 cm³/mol. The van der Waals surface area contributed by atoms with Crippen molar-refractivity contribution in [3.63, 3.8) is 0 Å². The van der Waals surface area contributed by atoms with Crippen molar-refractivity contribution in [2.24, 2.45) is 0 Å². The van der Waals surface area contributed by atoms with Crippen LogP contribution in [0.25, 0.3) is 0 Å². The molecule has 140 valence electrons. The van der Waals surface area contributed by atoms with Gasteiger partial charge in [0.2, 0.25) is 0 Å². The first kappa shape index (κ1) is 17.8. The van der Waals surface area contributed by atoms with Crippen molar-refractivity contribution in [1.82, 2.24) is 0 Å². The molecule has 0 saturated carbocycles. The predicted octanol–water partition coefficient (Wildman–Crippen LogP) is 4.54. The molecule has 28 heavy (non-hydrogen) atoms. The van der Waals surface area contributed by atoms with Crippen molar-refractivity contribution in [1.29, 1.82) is 0 Å². The Bertz CT molecular complexity index is 1020. The van der Waals surface area contributed by atoms with Crippen LogP contribution >= 0.6 is 0 Å². The van der Waals surface area contributed by atoms with Gasteiger partial charge in [0.15, 0.2) is 5.75 Å². The maximum Gasteiger partial charge on any atom is 0.314 e. The molecular weight excluding hydrogens is 352 g/mol. The molecule has 0 bridgehead atoms. The molecule has 5 heteroatoms. The quantitative estimate of drug-likeness (QED) is 0.661. The zero-order valence-corrected chi connectivity index (χ0v) is 15.3. The van der Waals surface area contributed by atoms with E-state index in [2.05, 4.69) is 10.6 Å². The van der Waals surface area contributed by atoms with Gasteiger partial charge in [0.1, 0.15) is 5.75 Å². The minimum absolute atomic E-state index is 0.431. The van der Waals surface area contributed by atoms with Gasteiger partial charge in [0.05, 0.1) is 5.69 Å². The molecule has 3 aromatic carbocycles. The highest BCUT2D eigenvalue weighted by molar-refractivity contribution is 6.43. The highest BCUT2D eigenvalue weighted by Crippen LogP contribution is 2.29. The molecule has 0 atom stereocenters. The lowest BCUT2D eigenvalue weighted by atomic mass is 10.1. The van der Waals surface area contributed by atoms with E-state index in [4.69, 9.17) is 4.74 Å². The van der Waals surface area contributed by atoms with Gasteiger partial charge in [-0.1, -0.05) is 36.4 Å². The van der Waals surface area contributed by atoms with Gasteiger partial charge in [-0.15, -0.1) is 0 Å². The maximum atomic E-state index is 12.4. The fourth-order valence-electron chi connectivity index (χ4n) is 3.29. The monoisotopic (exact) mass is 372 g/mol. The van der Waals surface area contributed by atoms with Gasteiger partial charge in [-0.05, 0) is 66.8 Å². The molecule has 0 unspecified atom stereocenters. The zero-order chi connectivity index (χ0) is 19.3. The summed E-state index contributed by atoms with van der Waals surface area (Å²) in [5, 5.41) is 5.30. The largest absolute Gasteiger partial charge is 0.455 e. The molecule has 0 heterocycles. The smallest absolute Gasteiger partial charge is 0.314 e. The summed E-state index contributed by atoms with van der Waals surface area (Å²) in [4.78, 5) is 24.7. The Labute approximate surface area is 163 Å². The number of carbonyl (C=O) groups is 2. The van der Waals surface area contributed by atoms with E-state index in [0.717, 1.165) is 19.3 Å². The number of amides is 2. The van der Waals surface area contributed by atoms with Crippen LogP contribution in [0.4, 0.5) is 11.4 Å². The average molecular weight is 372 g/mol. The Morgan fingerprint density at radius 3 is 2.32 bits per heavy atom. The average Bonchev–Trinajstić information content (AvgIpc) is 3.18. The molecule has 2 N–H and O–H groups in total. The van der Waals surface area contributed by atoms with Gasteiger partial charge >= 0.3 is 11.8 Å². The Morgan fingerprint density at radius 2 is 1.46 bits per heavy atom. The SMILES string of the molecule is O=C(Nc1ccc2c(c1)CCC2)C(=O)Nc1ccccc1Oc1ccccc1. The number of para-hydroxylation sites is 3. The number of fused-ring (bicyclic) bond motifs is 1. The van der Waals surface area contributed by atoms with E-state index >= 15 is 0 Å².